The number of hydrogen-bond donors (Lipinski definition) is 0. The van der Waals surface area contributed by atoms with Crippen LogP contribution in [0.3, 0.4) is 0 Å². The number of hydrogen-bond acceptors (Lipinski definition) is 2. The SMILES string of the molecule is CCCCN(CCCC)c1ccc(CCc2ccc(N(CC)CCC)cc2)cc1. The van der Waals surface area contributed by atoms with Crippen LogP contribution in [0.2, 0.25) is 0 Å². The lowest BCUT2D eigenvalue weighted by Gasteiger charge is -2.25. The van der Waals surface area contributed by atoms with Gasteiger partial charge in [-0.2, -0.15) is 0 Å². The summed E-state index contributed by atoms with van der Waals surface area (Å²) in [6, 6.07) is 18.5. The molecule has 0 aliphatic rings. The summed E-state index contributed by atoms with van der Waals surface area (Å²) in [4.78, 5) is 5.01. The number of benzene rings is 2. The molecule has 0 saturated heterocycles. The molecule has 2 nitrogen and oxygen atoms in total. The van der Waals surface area contributed by atoms with E-state index in [4.69, 9.17) is 0 Å². The molecule has 0 heterocycles. The molecule has 2 rings (SSSR count). The number of rotatable bonds is 14. The average molecular weight is 395 g/mol. The van der Waals surface area contributed by atoms with Crippen LogP contribution in [-0.4, -0.2) is 26.2 Å². The van der Waals surface area contributed by atoms with Crippen molar-refractivity contribution in [1.82, 2.24) is 0 Å². The third-order valence-electron chi connectivity index (χ3n) is 5.74. The highest BCUT2D eigenvalue weighted by molar-refractivity contribution is 5.49. The van der Waals surface area contributed by atoms with E-state index in [0.29, 0.717) is 0 Å². The summed E-state index contributed by atoms with van der Waals surface area (Å²) in [7, 11) is 0. The van der Waals surface area contributed by atoms with Crippen molar-refractivity contribution in [2.75, 3.05) is 36.0 Å². The van der Waals surface area contributed by atoms with Crippen molar-refractivity contribution in [2.24, 2.45) is 0 Å². The highest BCUT2D eigenvalue weighted by atomic mass is 15.1. The molecule has 2 aromatic rings. The number of anilines is 2. The maximum absolute atomic E-state index is 2.56. The van der Waals surface area contributed by atoms with Crippen molar-refractivity contribution in [1.29, 1.82) is 0 Å². The molecule has 0 atom stereocenters. The Hall–Kier alpha value is -1.96. The van der Waals surface area contributed by atoms with Crippen molar-refractivity contribution < 1.29 is 0 Å². The first-order chi connectivity index (χ1) is 14.2. The van der Waals surface area contributed by atoms with Crippen molar-refractivity contribution in [2.45, 2.75) is 72.6 Å². The lowest BCUT2D eigenvalue weighted by Crippen LogP contribution is -2.25. The van der Waals surface area contributed by atoms with Crippen LogP contribution < -0.4 is 9.80 Å². The molecule has 0 N–H and O–H groups in total. The summed E-state index contributed by atoms with van der Waals surface area (Å²) in [5.74, 6) is 0. The van der Waals surface area contributed by atoms with Gasteiger partial charge in [0.1, 0.15) is 0 Å². The number of aryl methyl sites for hydroxylation is 2. The Morgan fingerprint density at radius 1 is 0.517 bits per heavy atom. The lowest BCUT2D eigenvalue weighted by molar-refractivity contribution is 0.678. The predicted molar refractivity (Wildman–Crippen MR) is 130 cm³/mol. The van der Waals surface area contributed by atoms with Gasteiger partial charge in [-0.3, -0.25) is 0 Å². The van der Waals surface area contributed by atoms with Gasteiger partial charge in [0.15, 0.2) is 0 Å². The molecular formula is C27H42N2. The van der Waals surface area contributed by atoms with Gasteiger partial charge in [0.05, 0.1) is 0 Å². The Kier molecular flexibility index (Phi) is 10.7. The van der Waals surface area contributed by atoms with Gasteiger partial charge in [-0.1, -0.05) is 57.9 Å². The van der Waals surface area contributed by atoms with Crippen LogP contribution >= 0.6 is 0 Å². The van der Waals surface area contributed by atoms with Crippen LogP contribution in [0.25, 0.3) is 0 Å². The Morgan fingerprint density at radius 2 is 0.966 bits per heavy atom. The second-order valence-electron chi connectivity index (χ2n) is 8.11. The fourth-order valence-electron chi connectivity index (χ4n) is 3.84. The summed E-state index contributed by atoms with van der Waals surface area (Å²) in [5, 5.41) is 0. The highest BCUT2D eigenvalue weighted by Crippen LogP contribution is 2.20. The Balaban J connectivity index is 1.92. The fraction of sp³-hybridized carbons (Fsp3) is 0.556. The van der Waals surface area contributed by atoms with E-state index in [1.807, 2.05) is 0 Å². The van der Waals surface area contributed by atoms with E-state index < -0.39 is 0 Å². The minimum atomic E-state index is 1.08. The molecule has 2 aromatic carbocycles. The van der Waals surface area contributed by atoms with Crippen molar-refractivity contribution in [3.63, 3.8) is 0 Å². The molecule has 0 aromatic heterocycles. The van der Waals surface area contributed by atoms with Gasteiger partial charge in [-0.15, -0.1) is 0 Å². The Bertz CT molecular complexity index is 652. The third kappa shape index (κ3) is 7.76. The topological polar surface area (TPSA) is 6.48 Å². The summed E-state index contributed by atoms with van der Waals surface area (Å²) in [6.45, 7) is 13.6. The van der Waals surface area contributed by atoms with E-state index in [9.17, 15) is 0 Å². The smallest absolute Gasteiger partial charge is 0.0366 e. The van der Waals surface area contributed by atoms with Crippen LogP contribution in [0.1, 0.15) is 70.9 Å². The largest absolute Gasteiger partial charge is 0.372 e. The van der Waals surface area contributed by atoms with E-state index in [2.05, 4.69) is 86.0 Å². The van der Waals surface area contributed by atoms with E-state index in [-0.39, 0.29) is 0 Å². The van der Waals surface area contributed by atoms with Gasteiger partial charge < -0.3 is 9.80 Å². The first-order valence-corrected chi connectivity index (χ1v) is 11.9. The van der Waals surface area contributed by atoms with Gasteiger partial charge in [0.25, 0.3) is 0 Å². The zero-order valence-electron chi connectivity index (χ0n) is 19.3. The first kappa shape index (κ1) is 23.3. The minimum Gasteiger partial charge on any atom is -0.372 e. The Morgan fingerprint density at radius 3 is 1.34 bits per heavy atom. The predicted octanol–water partition coefficient (Wildman–Crippen LogP) is 7.11. The summed E-state index contributed by atoms with van der Waals surface area (Å²) < 4.78 is 0. The standard InChI is InChI=1S/C27H42N2/c1-5-9-22-29(23-10-6-2)27-19-15-25(16-20-27)12-11-24-13-17-26(18-14-24)28(8-4)21-7-3/h13-20H,5-12,21-23H2,1-4H3. The Labute approximate surface area is 179 Å². The van der Waals surface area contributed by atoms with Crippen LogP contribution in [0, 0.1) is 0 Å². The van der Waals surface area contributed by atoms with E-state index in [1.54, 1.807) is 0 Å². The normalized spacial score (nSPS) is 10.9. The van der Waals surface area contributed by atoms with Crippen LogP contribution in [-0.2, 0) is 12.8 Å². The lowest BCUT2D eigenvalue weighted by atomic mass is 10.0. The second kappa shape index (κ2) is 13.3. The fourth-order valence-corrected chi connectivity index (χ4v) is 3.84. The molecular weight excluding hydrogens is 352 g/mol. The molecule has 0 fully saturated rings. The molecule has 0 amide bonds. The molecule has 29 heavy (non-hydrogen) atoms. The minimum absolute atomic E-state index is 1.08. The average Bonchev–Trinajstić information content (AvgIpc) is 2.77. The molecule has 0 radical (unpaired) electrons. The van der Waals surface area contributed by atoms with E-state index >= 15 is 0 Å². The third-order valence-corrected chi connectivity index (χ3v) is 5.74. The zero-order chi connectivity index (χ0) is 20.9. The van der Waals surface area contributed by atoms with Crippen LogP contribution in [0.4, 0.5) is 11.4 Å². The zero-order valence-corrected chi connectivity index (χ0v) is 19.3. The number of nitrogens with zero attached hydrogens (tertiary/aromatic N) is 2. The molecule has 0 aliphatic carbocycles. The molecule has 0 aliphatic heterocycles. The summed E-state index contributed by atoms with van der Waals surface area (Å²) in [6.07, 6.45) is 8.47. The molecule has 2 heteroatoms. The molecule has 0 unspecified atom stereocenters. The van der Waals surface area contributed by atoms with Crippen molar-refractivity contribution in [3.8, 4) is 0 Å². The van der Waals surface area contributed by atoms with Gasteiger partial charge in [-0.25, -0.2) is 0 Å². The quantitative estimate of drug-likeness (QED) is 0.337. The van der Waals surface area contributed by atoms with Gasteiger partial charge in [0.2, 0.25) is 0 Å². The molecule has 0 bridgehead atoms. The maximum Gasteiger partial charge on any atom is 0.0366 e. The van der Waals surface area contributed by atoms with E-state index in [1.165, 1.54) is 67.7 Å². The summed E-state index contributed by atoms with van der Waals surface area (Å²) in [5.41, 5.74) is 5.60. The molecule has 160 valence electrons. The van der Waals surface area contributed by atoms with Gasteiger partial charge in [0, 0.05) is 37.6 Å². The monoisotopic (exact) mass is 394 g/mol. The first-order valence-electron chi connectivity index (χ1n) is 11.9. The van der Waals surface area contributed by atoms with Crippen molar-refractivity contribution in [3.05, 3.63) is 59.7 Å². The van der Waals surface area contributed by atoms with Crippen molar-refractivity contribution >= 4 is 11.4 Å². The van der Waals surface area contributed by atoms with Gasteiger partial charge in [-0.05, 0) is 74.4 Å². The second-order valence-corrected chi connectivity index (χ2v) is 8.11. The molecule has 0 spiro atoms. The highest BCUT2D eigenvalue weighted by Gasteiger charge is 2.06. The van der Waals surface area contributed by atoms with Crippen LogP contribution in [0.15, 0.2) is 48.5 Å². The van der Waals surface area contributed by atoms with Gasteiger partial charge >= 0.3 is 0 Å². The number of unbranched alkanes of at least 4 members (excludes halogenated alkanes) is 2. The van der Waals surface area contributed by atoms with E-state index in [0.717, 1.165) is 25.9 Å². The molecule has 0 saturated carbocycles. The van der Waals surface area contributed by atoms with Crippen LogP contribution in [0.5, 0.6) is 0 Å². The summed E-state index contributed by atoms with van der Waals surface area (Å²) >= 11 is 0. The maximum atomic E-state index is 2.56.